The Morgan fingerprint density at radius 1 is 1.41 bits per heavy atom. The summed E-state index contributed by atoms with van der Waals surface area (Å²) >= 11 is 0. The predicted octanol–water partition coefficient (Wildman–Crippen LogP) is 2.24. The minimum atomic E-state index is -3.81. The van der Waals surface area contributed by atoms with Crippen LogP contribution in [0.4, 0.5) is 13.2 Å². The predicted molar refractivity (Wildman–Crippen MR) is 61.6 cm³/mol. The number of ether oxygens (including phenoxy) is 1. The lowest BCUT2D eigenvalue weighted by atomic mass is 10.2. The van der Waals surface area contributed by atoms with Crippen LogP contribution < -0.4 is 10.5 Å². The maximum atomic E-state index is 12.7. The number of carbonyl (C=O) groups is 1. The van der Waals surface area contributed by atoms with Crippen molar-refractivity contribution in [3.8, 4) is 5.75 Å². The zero-order chi connectivity index (χ0) is 13.5. The average Bonchev–Trinajstić information content (AvgIpc) is 2.22. The van der Waals surface area contributed by atoms with Crippen molar-refractivity contribution in [1.29, 1.82) is 0 Å². The third kappa shape index (κ3) is 6.12. The van der Waals surface area contributed by atoms with Crippen LogP contribution in [0.1, 0.15) is 5.56 Å². The molecule has 1 aromatic carbocycles. The number of hydrogen-bond acceptors (Lipinski definition) is 2. The number of nitrogens with two attached hydrogens (primary N) is 1. The van der Waals surface area contributed by atoms with Crippen LogP contribution in [0.5, 0.6) is 5.75 Å². The fraction of sp³-hybridized carbons (Fsp3) is 0.300. The van der Waals surface area contributed by atoms with Crippen LogP contribution in [0, 0.1) is 6.92 Å². The van der Waals surface area contributed by atoms with E-state index in [0.717, 1.165) is 5.56 Å². The number of aryl methyl sites for hydroxylation is 1. The van der Waals surface area contributed by atoms with Crippen molar-refractivity contribution in [3.05, 3.63) is 29.8 Å². The molecule has 0 aromatic heterocycles. The van der Waals surface area contributed by atoms with Gasteiger partial charge in [-0.15, -0.1) is 0 Å². The lowest BCUT2D eigenvalue weighted by Gasteiger charge is -2.18. The molecular weight excluding hydrogens is 254 g/mol. The van der Waals surface area contributed by atoms with Crippen molar-refractivity contribution in [2.24, 2.45) is 5.73 Å². The normalized spacial score (nSPS) is 12.1. The van der Waals surface area contributed by atoms with Crippen molar-refractivity contribution >= 4 is 15.6 Å². The molecule has 0 aliphatic rings. The van der Waals surface area contributed by atoms with Gasteiger partial charge in [0.25, 0.3) is 0 Å². The first-order chi connectivity index (χ1) is 7.83. The molecule has 7 heteroatoms. The second-order valence-electron chi connectivity index (χ2n) is 3.01. The summed E-state index contributed by atoms with van der Waals surface area (Å²) in [6.07, 6.45) is -3.56. The number of benzene rings is 1. The molecule has 0 spiro atoms. The summed E-state index contributed by atoms with van der Waals surface area (Å²) in [6, 6.07) is 5.97. The molecule has 1 aromatic rings. The lowest BCUT2D eigenvalue weighted by molar-refractivity contribution is -0.197. The lowest BCUT2D eigenvalue weighted by Crippen LogP contribution is -2.32. The van der Waals surface area contributed by atoms with Gasteiger partial charge in [-0.1, -0.05) is 26.9 Å². The Bertz CT molecular complexity index is 344. The molecule has 96 valence electrons. The SMILES string of the molecule is Cc1ccc(OC(F)(F)C(F)P)cc1.NC=O. The van der Waals surface area contributed by atoms with Gasteiger partial charge in [0.05, 0.1) is 0 Å². The second kappa shape index (κ2) is 7.12. The third-order valence-corrected chi connectivity index (χ3v) is 1.98. The first-order valence-corrected chi connectivity index (χ1v) is 5.18. The molecule has 0 saturated heterocycles. The van der Waals surface area contributed by atoms with Crippen LogP contribution in [-0.2, 0) is 4.79 Å². The van der Waals surface area contributed by atoms with E-state index in [1.54, 1.807) is 12.1 Å². The van der Waals surface area contributed by atoms with Gasteiger partial charge in [0, 0.05) is 0 Å². The maximum absolute atomic E-state index is 12.7. The van der Waals surface area contributed by atoms with Gasteiger partial charge in [-0.2, -0.15) is 8.78 Å². The number of alkyl halides is 3. The van der Waals surface area contributed by atoms with E-state index < -0.39 is 12.0 Å². The number of hydrogen-bond donors (Lipinski definition) is 1. The Morgan fingerprint density at radius 2 is 1.82 bits per heavy atom. The maximum Gasteiger partial charge on any atom is 0.433 e. The van der Waals surface area contributed by atoms with Crippen LogP contribution in [0.25, 0.3) is 0 Å². The Kier molecular flexibility index (Phi) is 6.58. The monoisotopic (exact) mass is 267 g/mol. The highest BCUT2D eigenvalue weighted by atomic mass is 31.0. The van der Waals surface area contributed by atoms with Gasteiger partial charge in [0.2, 0.25) is 12.3 Å². The summed E-state index contributed by atoms with van der Waals surface area (Å²) < 4.78 is 42.0. The van der Waals surface area contributed by atoms with Gasteiger partial charge in [0.1, 0.15) is 5.75 Å². The number of halogens is 3. The fourth-order valence-corrected chi connectivity index (χ4v) is 0.888. The van der Waals surface area contributed by atoms with E-state index >= 15 is 0 Å². The molecule has 17 heavy (non-hydrogen) atoms. The van der Waals surface area contributed by atoms with Crippen LogP contribution in [0.2, 0.25) is 0 Å². The molecule has 0 aliphatic carbocycles. The smallest absolute Gasteiger partial charge is 0.430 e. The number of amides is 1. The molecule has 1 amide bonds. The summed E-state index contributed by atoms with van der Waals surface area (Å²) in [4.78, 5) is 8.58. The van der Waals surface area contributed by atoms with Crippen molar-refractivity contribution in [1.82, 2.24) is 0 Å². The van der Waals surface area contributed by atoms with Crippen LogP contribution in [0.15, 0.2) is 24.3 Å². The summed E-state index contributed by atoms with van der Waals surface area (Å²) in [5, 5.41) is 0. The summed E-state index contributed by atoms with van der Waals surface area (Å²) in [7, 11) is 1.37. The largest absolute Gasteiger partial charge is 0.433 e. The summed E-state index contributed by atoms with van der Waals surface area (Å²) in [5.41, 5.74) is 5.09. The summed E-state index contributed by atoms with van der Waals surface area (Å²) in [5.74, 6) is -2.46. The van der Waals surface area contributed by atoms with E-state index in [2.05, 4.69) is 10.5 Å². The number of carbonyl (C=O) groups excluding carboxylic acids is 1. The van der Waals surface area contributed by atoms with E-state index in [-0.39, 0.29) is 12.2 Å². The minimum Gasteiger partial charge on any atom is -0.430 e. The van der Waals surface area contributed by atoms with Crippen LogP contribution in [-0.4, -0.2) is 18.4 Å². The van der Waals surface area contributed by atoms with Crippen molar-refractivity contribution in [2.45, 2.75) is 18.9 Å². The molecule has 0 saturated carbocycles. The Balaban J connectivity index is 0.000000770. The van der Waals surface area contributed by atoms with E-state index in [1.165, 1.54) is 21.4 Å². The van der Waals surface area contributed by atoms with E-state index in [1.807, 2.05) is 6.92 Å². The number of primary amides is 1. The average molecular weight is 267 g/mol. The van der Waals surface area contributed by atoms with Gasteiger partial charge in [-0.25, -0.2) is 4.39 Å². The van der Waals surface area contributed by atoms with Gasteiger partial charge in [-0.3, -0.25) is 4.79 Å². The Hall–Kier alpha value is -1.29. The van der Waals surface area contributed by atoms with Crippen LogP contribution >= 0.6 is 9.24 Å². The van der Waals surface area contributed by atoms with Crippen molar-refractivity contribution in [2.75, 3.05) is 0 Å². The molecule has 3 nitrogen and oxygen atoms in total. The Labute approximate surface area is 99.3 Å². The van der Waals surface area contributed by atoms with E-state index in [9.17, 15) is 13.2 Å². The molecule has 1 rings (SSSR count). The minimum absolute atomic E-state index is 0.0503. The molecule has 0 fully saturated rings. The molecule has 0 heterocycles. The highest BCUT2D eigenvalue weighted by Gasteiger charge is 2.40. The van der Waals surface area contributed by atoms with Gasteiger partial charge in [-0.05, 0) is 19.1 Å². The zero-order valence-electron chi connectivity index (χ0n) is 9.07. The van der Waals surface area contributed by atoms with Crippen LogP contribution in [0.3, 0.4) is 0 Å². The van der Waals surface area contributed by atoms with Crippen molar-refractivity contribution in [3.63, 3.8) is 0 Å². The van der Waals surface area contributed by atoms with E-state index in [4.69, 9.17) is 4.79 Å². The second-order valence-corrected chi connectivity index (χ2v) is 3.60. The molecule has 2 unspecified atom stereocenters. The quantitative estimate of drug-likeness (QED) is 0.674. The standard InChI is InChI=1S/C9H10F3OP.CH3NO/c1-6-2-4-7(5-3-6)13-9(11,12)8(10)14;2-1-3/h2-5,8H,14H2,1H3;1H,(H2,2,3). The molecule has 2 atom stereocenters. The molecular formula is C10H13F3NO2P. The molecule has 0 aliphatic heterocycles. The molecule has 2 N–H and O–H groups in total. The van der Waals surface area contributed by atoms with E-state index in [0.29, 0.717) is 0 Å². The highest BCUT2D eigenvalue weighted by molar-refractivity contribution is 7.17. The number of rotatable bonds is 3. The highest BCUT2D eigenvalue weighted by Crippen LogP contribution is 2.29. The van der Waals surface area contributed by atoms with Gasteiger partial charge < -0.3 is 10.5 Å². The molecule has 0 bridgehead atoms. The first kappa shape index (κ1) is 15.7. The third-order valence-electron chi connectivity index (χ3n) is 1.60. The fourth-order valence-electron chi connectivity index (χ4n) is 0.820. The van der Waals surface area contributed by atoms with Gasteiger partial charge >= 0.3 is 6.11 Å². The first-order valence-electron chi connectivity index (χ1n) is 4.52. The Morgan fingerprint density at radius 3 is 2.18 bits per heavy atom. The topological polar surface area (TPSA) is 52.3 Å². The molecule has 0 radical (unpaired) electrons. The van der Waals surface area contributed by atoms with Gasteiger partial charge in [0.15, 0.2) is 0 Å². The summed E-state index contributed by atoms with van der Waals surface area (Å²) in [6.45, 7) is 1.82. The zero-order valence-corrected chi connectivity index (χ0v) is 10.2. The van der Waals surface area contributed by atoms with Crippen molar-refractivity contribution < 1.29 is 22.7 Å².